The molecule has 1 atom stereocenters. The van der Waals surface area contributed by atoms with Crippen molar-refractivity contribution in [3.05, 3.63) is 65.6 Å². The molecule has 1 aliphatic rings. The molecule has 1 unspecified atom stereocenters. The number of hydrogen-bond acceptors (Lipinski definition) is 5. The minimum absolute atomic E-state index is 0.0205. The van der Waals surface area contributed by atoms with Crippen LogP contribution in [-0.4, -0.2) is 82.0 Å². The van der Waals surface area contributed by atoms with E-state index in [1.54, 1.807) is 37.3 Å². The average Bonchev–Trinajstić information content (AvgIpc) is 3.21. The van der Waals surface area contributed by atoms with Crippen LogP contribution in [0.4, 0.5) is 4.79 Å². The number of nitrogens with one attached hydrogen (secondary N) is 1. The molecule has 1 aliphatic heterocycles. The fraction of sp³-hybridized carbons (Fsp3) is 0.364. The van der Waals surface area contributed by atoms with E-state index in [-0.39, 0.29) is 18.0 Å². The highest BCUT2D eigenvalue weighted by molar-refractivity contribution is 5.94. The summed E-state index contributed by atoms with van der Waals surface area (Å²) in [4.78, 5) is 30.7. The molecule has 31 heavy (non-hydrogen) atoms. The Hall–Kier alpha value is -3.46. The van der Waals surface area contributed by atoms with E-state index in [0.29, 0.717) is 36.7 Å². The van der Waals surface area contributed by atoms with E-state index in [0.717, 1.165) is 12.1 Å². The molecule has 1 N–H and O–H groups in total. The van der Waals surface area contributed by atoms with Crippen molar-refractivity contribution in [2.24, 2.45) is 0 Å². The highest BCUT2D eigenvalue weighted by atomic mass is 16.2. The van der Waals surface area contributed by atoms with Crippen LogP contribution in [0.25, 0.3) is 5.65 Å². The molecule has 0 bridgehead atoms. The van der Waals surface area contributed by atoms with E-state index in [1.807, 2.05) is 46.7 Å². The van der Waals surface area contributed by atoms with Gasteiger partial charge in [-0.3, -0.25) is 14.1 Å². The fourth-order valence-corrected chi connectivity index (χ4v) is 3.76. The van der Waals surface area contributed by atoms with Crippen LogP contribution in [-0.2, 0) is 6.54 Å². The van der Waals surface area contributed by atoms with Gasteiger partial charge in [0.15, 0.2) is 11.5 Å². The number of piperazine rings is 1. The largest absolute Gasteiger partial charge is 0.348 e. The molecule has 0 saturated carbocycles. The van der Waals surface area contributed by atoms with Crippen molar-refractivity contribution in [3.8, 4) is 0 Å². The van der Waals surface area contributed by atoms with Crippen molar-refractivity contribution >= 4 is 17.6 Å². The van der Waals surface area contributed by atoms with Crippen molar-refractivity contribution in [1.82, 2.24) is 34.6 Å². The van der Waals surface area contributed by atoms with Gasteiger partial charge in [-0.15, -0.1) is 10.2 Å². The third-order valence-electron chi connectivity index (χ3n) is 5.59. The van der Waals surface area contributed by atoms with Crippen LogP contribution in [0.5, 0.6) is 0 Å². The quantitative estimate of drug-likeness (QED) is 0.692. The summed E-state index contributed by atoms with van der Waals surface area (Å²) in [5.41, 5.74) is 2.24. The summed E-state index contributed by atoms with van der Waals surface area (Å²) in [6.45, 7) is 2.36. The Morgan fingerprint density at radius 2 is 1.87 bits per heavy atom. The minimum Gasteiger partial charge on any atom is -0.348 e. The molecule has 1 fully saturated rings. The number of rotatable bonds is 4. The summed E-state index contributed by atoms with van der Waals surface area (Å²) in [5.74, 6) is 0.554. The van der Waals surface area contributed by atoms with Crippen LogP contribution in [0.3, 0.4) is 0 Å². The predicted molar refractivity (Wildman–Crippen MR) is 117 cm³/mol. The van der Waals surface area contributed by atoms with Gasteiger partial charge in [0.2, 0.25) is 0 Å². The lowest BCUT2D eigenvalue weighted by molar-refractivity contribution is 0.0933. The van der Waals surface area contributed by atoms with Gasteiger partial charge in [0.1, 0.15) is 0 Å². The number of carbonyl (C=O) groups excluding carboxylic acids is 2. The van der Waals surface area contributed by atoms with Crippen molar-refractivity contribution in [2.45, 2.75) is 12.6 Å². The number of carbonyl (C=O) groups is 2. The summed E-state index contributed by atoms with van der Waals surface area (Å²) in [5, 5.41) is 11.6. The Labute approximate surface area is 181 Å². The molecule has 3 amide bonds. The molecular formula is C22H27N7O2. The zero-order chi connectivity index (χ0) is 22.0. The topological polar surface area (TPSA) is 86.1 Å². The van der Waals surface area contributed by atoms with Crippen LogP contribution in [0.2, 0.25) is 0 Å². The molecule has 2 aromatic heterocycles. The lowest BCUT2D eigenvalue weighted by atomic mass is 10.1. The molecule has 162 valence electrons. The average molecular weight is 422 g/mol. The van der Waals surface area contributed by atoms with Crippen LogP contribution < -0.4 is 5.32 Å². The van der Waals surface area contributed by atoms with Gasteiger partial charge < -0.3 is 15.1 Å². The first-order chi connectivity index (χ1) is 14.9. The van der Waals surface area contributed by atoms with E-state index in [2.05, 4.69) is 20.4 Å². The van der Waals surface area contributed by atoms with E-state index in [1.165, 1.54) is 0 Å². The smallest absolute Gasteiger partial charge is 0.319 e. The Kier molecular flexibility index (Phi) is 5.85. The van der Waals surface area contributed by atoms with Gasteiger partial charge >= 0.3 is 6.03 Å². The monoisotopic (exact) mass is 421 g/mol. The summed E-state index contributed by atoms with van der Waals surface area (Å²) in [6.07, 6.45) is 1.77. The van der Waals surface area contributed by atoms with E-state index in [4.69, 9.17) is 0 Å². The molecule has 3 heterocycles. The Morgan fingerprint density at radius 1 is 1.10 bits per heavy atom. The van der Waals surface area contributed by atoms with Crippen LogP contribution in [0.1, 0.15) is 27.8 Å². The second kappa shape index (κ2) is 8.73. The molecule has 9 heteroatoms. The number of urea groups is 1. The van der Waals surface area contributed by atoms with Crippen molar-refractivity contribution in [1.29, 1.82) is 0 Å². The van der Waals surface area contributed by atoms with E-state index in [9.17, 15) is 9.59 Å². The number of fused-ring (bicyclic) bond motifs is 1. The second-order valence-corrected chi connectivity index (χ2v) is 7.99. The first-order valence-corrected chi connectivity index (χ1v) is 10.3. The fourth-order valence-electron chi connectivity index (χ4n) is 3.76. The highest BCUT2D eigenvalue weighted by Crippen LogP contribution is 2.24. The molecular weight excluding hydrogens is 394 g/mol. The summed E-state index contributed by atoms with van der Waals surface area (Å²) in [7, 11) is 5.52. The zero-order valence-electron chi connectivity index (χ0n) is 18.0. The standard InChI is InChI=1S/C22H27N7O2/c1-26(2)22(31)28-12-11-27(3)18(15-28)20-25-24-19-10-9-17(14-29(19)20)21(30)23-13-16-7-5-4-6-8-16/h4-10,14,18H,11-13,15H2,1-3H3,(H,23,30). The van der Waals surface area contributed by atoms with E-state index < -0.39 is 0 Å². The maximum atomic E-state index is 12.7. The molecule has 3 aromatic rings. The second-order valence-electron chi connectivity index (χ2n) is 7.99. The van der Waals surface area contributed by atoms with E-state index >= 15 is 0 Å². The zero-order valence-corrected chi connectivity index (χ0v) is 18.0. The molecule has 1 saturated heterocycles. The van der Waals surface area contributed by atoms with Crippen molar-refractivity contribution in [2.75, 3.05) is 40.8 Å². The first-order valence-electron chi connectivity index (χ1n) is 10.3. The van der Waals surface area contributed by atoms with Gasteiger partial charge in [0, 0.05) is 46.5 Å². The molecule has 9 nitrogen and oxygen atoms in total. The maximum Gasteiger partial charge on any atom is 0.319 e. The summed E-state index contributed by atoms with van der Waals surface area (Å²) >= 11 is 0. The predicted octanol–water partition coefficient (Wildman–Crippen LogP) is 1.63. The third kappa shape index (κ3) is 4.36. The van der Waals surface area contributed by atoms with Crippen molar-refractivity contribution in [3.63, 3.8) is 0 Å². The van der Waals surface area contributed by atoms with Crippen LogP contribution >= 0.6 is 0 Å². The lowest BCUT2D eigenvalue weighted by Crippen LogP contribution is -2.52. The number of hydrogen-bond donors (Lipinski definition) is 1. The number of benzene rings is 1. The highest BCUT2D eigenvalue weighted by Gasteiger charge is 2.32. The SMILES string of the molecule is CN(C)C(=O)N1CCN(C)C(c2nnc3ccc(C(=O)NCc4ccccc4)cn23)C1. The van der Waals surface area contributed by atoms with Gasteiger partial charge in [0.25, 0.3) is 5.91 Å². The van der Waals surface area contributed by atoms with Gasteiger partial charge in [-0.2, -0.15) is 0 Å². The number of aromatic nitrogens is 3. The van der Waals surface area contributed by atoms with Gasteiger partial charge in [-0.25, -0.2) is 4.79 Å². The maximum absolute atomic E-state index is 12.7. The molecule has 1 aromatic carbocycles. The van der Waals surface area contributed by atoms with Crippen LogP contribution in [0.15, 0.2) is 48.7 Å². The lowest BCUT2D eigenvalue weighted by Gasteiger charge is -2.39. The molecule has 4 rings (SSSR count). The number of amides is 3. The molecule has 0 spiro atoms. The first kappa shape index (κ1) is 20.8. The molecule has 0 radical (unpaired) electrons. The van der Waals surface area contributed by atoms with Gasteiger partial charge in [-0.05, 0) is 24.7 Å². The Balaban J connectivity index is 1.56. The number of nitrogens with zero attached hydrogens (tertiary/aromatic N) is 6. The van der Waals surface area contributed by atoms with Crippen molar-refractivity contribution < 1.29 is 9.59 Å². The minimum atomic E-state index is -0.160. The normalized spacial score (nSPS) is 17.0. The summed E-state index contributed by atoms with van der Waals surface area (Å²) in [6, 6.07) is 13.2. The Bertz CT molecular complexity index is 1080. The third-order valence-corrected chi connectivity index (χ3v) is 5.59. The number of likely N-dealkylation sites (N-methyl/N-ethyl adjacent to an activating group) is 1. The Morgan fingerprint density at radius 3 is 2.61 bits per heavy atom. The number of pyridine rings is 1. The summed E-state index contributed by atoms with van der Waals surface area (Å²) < 4.78 is 1.85. The van der Waals surface area contributed by atoms with Crippen LogP contribution in [0, 0.1) is 0 Å². The van der Waals surface area contributed by atoms with Gasteiger partial charge in [-0.1, -0.05) is 30.3 Å². The molecule has 0 aliphatic carbocycles. The van der Waals surface area contributed by atoms with Gasteiger partial charge in [0.05, 0.1) is 11.6 Å².